The van der Waals surface area contributed by atoms with Crippen molar-refractivity contribution in [2.24, 2.45) is 0 Å². The van der Waals surface area contributed by atoms with Gasteiger partial charge in [0.05, 0.1) is 0 Å². The van der Waals surface area contributed by atoms with Crippen LogP contribution in [0.5, 0.6) is 0 Å². The van der Waals surface area contributed by atoms with Gasteiger partial charge in [0.2, 0.25) is 0 Å². The molecule has 140 valence electrons. The highest BCUT2D eigenvalue weighted by molar-refractivity contribution is 6.30. The summed E-state index contributed by atoms with van der Waals surface area (Å²) in [5.41, 5.74) is 3.98. The molecule has 1 fully saturated rings. The van der Waals surface area contributed by atoms with Gasteiger partial charge >= 0.3 is 0 Å². The monoisotopic (exact) mass is 384 g/mol. The number of Topliss-reactive ketones (excluding diaryl/α,β-unsaturated/α-hetero) is 1. The number of fused-ring (bicyclic) bond motifs is 1. The molecule has 27 heavy (non-hydrogen) atoms. The van der Waals surface area contributed by atoms with Crippen molar-refractivity contribution < 1.29 is 4.79 Å². The molecule has 1 N–H and O–H groups in total. The van der Waals surface area contributed by atoms with Crippen molar-refractivity contribution in [3.8, 4) is 0 Å². The Balaban J connectivity index is 1.55. The summed E-state index contributed by atoms with van der Waals surface area (Å²) in [4.78, 5) is 30.7. The van der Waals surface area contributed by atoms with Gasteiger partial charge in [0.25, 0.3) is 5.56 Å². The van der Waals surface area contributed by atoms with Crippen LogP contribution < -0.4 is 5.56 Å². The predicted molar refractivity (Wildman–Crippen MR) is 105 cm³/mol. The standard InChI is InChI=1S/C20H21ClN4O2/c1-12-7-20(27)25-19(22-12)9-18(23-25)14-5-6-24(10-14)11-15-8-16(21)3-4-17(15)13(2)26/h3-4,7-9,14,23H,5-6,10-11H2,1-2H3. The molecule has 0 bridgehead atoms. The molecule has 0 saturated carbocycles. The maximum Gasteiger partial charge on any atom is 0.272 e. The Bertz CT molecular complexity index is 1090. The highest BCUT2D eigenvalue weighted by Gasteiger charge is 2.26. The smallest absolute Gasteiger partial charge is 0.272 e. The second-order valence-electron chi connectivity index (χ2n) is 7.22. The molecule has 1 aliphatic heterocycles. The quantitative estimate of drug-likeness (QED) is 0.701. The van der Waals surface area contributed by atoms with Gasteiger partial charge in [0.15, 0.2) is 11.4 Å². The van der Waals surface area contributed by atoms with Crippen LogP contribution >= 0.6 is 11.6 Å². The van der Waals surface area contributed by atoms with E-state index in [9.17, 15) is 9.59 Å². The second kappa shape index (κ2) is 6.94. The van der Waals surface area contributed by atoms with E-state index < -0.39 is 0 Å². The summed E-state index contributed by atoms with van der Waals surface area (Å²) in [6, 6.07) is 8.91. The molecule has 0 amide bonds. The number of nitrogens with zero attached hydrogens (tertiary/aromatic N) is 3. The number of H-pyrrole nitrogens is 1. The number of ketones is 1. The molecule has 3 aromatic rings. The summed E-state index contributed by atoms with van der Waals surface area (Å²) in [5, 5.41) is 3.84. The van der Waals surface area contributed by atoms with Crippen molar-refractivity contribution in [1.29, 1.82) is 0 Å². The van der Waals surface area contributed by atoms with Crippen molar-refractivity contribution in [1.82, 2.24) is 19.5 Å². The van der Waals surface area contributed by atoms with Crippen LogP contribution in [0, 0.1) is 6.92 Å². The molecular weight excluding hydrogens is 364 g/mol. The number of aryl methyl sites for hydroxylation is 1. The van der Waals surface area contributed by atoms with Crippen LogP contribution in [0.4, 0.5) is 0 Å². The highest BCUT2D eigenvalue weighted by Crippen LogP contribution is 2.29. The highest BCUT2D eigenvalue weighted by atomic mass is 35.5. The zero-order chi connectivity index (χ0) is 19.1. The SMILES string of the molecule is CC(=O)c1ccc(Cl)cc1CN1CCC(c2cc3nc(C)cc(=O)n3[nH]2)C1. The number of benzene rings is 1. The largest absolute Gasteiger partial charge is 0.298 e. The predicted octanol–water partition coefficient (Wildman–Crippen LogP) is 3.18. The summed E-state index contributed by atoms with van der Waals surface area (Å²) >= 11 is 6.13. The Morgan fingerprint density at radius 3 is 2.93 bits per heavy atom. The molecule has 4 rings (SSSR count). The summed E-state index contributed by atoms with van der Waals surface area (Å²) in [6.07, 6.45) is 0.983. The minimum Gasteiger partial charge on any atom is -0.298 e. The van der Waals surface area contributed by atoms with E-state index in [4.69, 9.17) is 11.6 Å². The summed E-state index contributed by atoms with van der Waals surface area (Å²) in [7, 11) is 0. The lowest BCUT2D eigenvalue weighted by Crippen LogP contribution is -2.21. The van der Waals surface area contributed by atoms with Gasteiger partial charge in [-0.25, -0.2) is 9.50 Å². The van der Waals surface area contributed by atoms with Gasteiger partial charge in [0, 0.05) is 53.1 Å². The minimum atomic E-state index is -0.0939. The van der Waals surface area contributed by atoms with E-state index >= 15 is 0 Å². The topological polar surface area (TPSA) is 70.5 Å². The molecule has 1 saturated heterocycles. The Hall–Kier alpha value is -2.44. The number of halogens is 1. The molecule has 1 atom stereocenters. The van der Waals surface area contributed by atoms with Crippen molar-refractivity contribution >= 4 is 23.0 Å². The van der Waals surface area contributed by atoms with Crippen molar-refractivity contribution in [2.75, 3.05) is 13.1 Å². The van der Waals surface area contributed by atoms with Gasteiger partial charge < -0.3 is 0 Å². The van der Waals surface area contributed by atoms with E-state index in [0.717, 1.165) is 42.0 Å². The lowest BCUT2D eigenvalue weighted by molar-refractivity contribution is 0.101. The van der Waals surface area contributed by atoms with Crippen LogP contribution in [0.3, 0.4) is 0 Å². The fraction of sp³-hybridized carbons (Fsp3) is 0.350. The number of aromatic amines is 1. The summed E-state index contributed by atoms with van der Waals surface area (Å²) < 4.78 is 1.50. The van der Waals surface area contributed by atoms with Gasteiger partial charge in [-0.2, -0.15) is 0 Å². The third-order valence-electron chi connectivity index (χ3n) is 5.15. The van der Waals surface area contributed by atoms with E-state index in [1.165, 1.54) is 10.6 Å². The van der Waals surface area contributed by atoms with Crippen LogP contribution in [-0.4, -0.2) is 38.4 Å². The molecule has 0 aliphatic carbocycles. The first-order valence-corrected chi connectivity index (χ1v) is 9.39. The second-order valence-corrected chi connectivity index (χ2v) is 7.66. The van der Waals surface area contributed by atoms with E-state index in [1.54, 1.807) is 19.1 Å². The van der Waals surface area contributed by atoms with E-state index in [0.29, 0.717) is 23.1 Å². The zero-order valence-electron chi connectivity index (χ0n) is 15.3. The molecule has 1 unspecified atom stereocenters. The van der Waals surface area contributed by atoms with Crippen LogP contribution in [0.1, 0.15) is 46.6 Å². The fourth-order valence-corrected chi connectivity index (χ4v) is 4.04. The van der Waals surface area contributed by atoms with E-state index in [-0.39, 0.29) is 11.3 Å². The number of carbonyl (C=O) groups is 1. The first-order valence-electron chi connectivity index (χ1n) is 9.02. The number of aromatic nitrogens is 3. The zero-order valence-corrected chi connectivity index (χ0v) is 16.1. The molecule has 2 aromatic heterocycles. The Morgan fingerprint density at radius 1 is 1.33 bits per heavy atom. The molecular formula is C20H21ClN4O2. The summed E-state index contributed by atoms with van der Waals surface area (Å²) in [5.74, 6) is 0.347. The number of carbonyl (C=O) groups excluding carboxylic acids is 1. The van der Waals surface area contributed by atoms with Crippen molar-refractivity contribution in [3.05, 3.63) is 68.2 Å². The number of hydrogen-bond donors (Lipinski definition) is 1. The lowest BCUT2D eigenvalue weighted by Gasteiger charge is -2.18. The number of hydrogen-bond acceptors (Lipinski definition) is 4. The first kappa shape index (κ1) is 17.9. The van der Waals surface area contributed by atoms with Gasteiger partial charge in [-0.05, 0) is 50.6 Å². The average molecular weight is 385 g/mol. The number of nitrogens with one attached hydrogen (secondary N) is 1. The Morgan fingerprint density at radius 2 is 2.15 bits per heavy atom. The third kappa shape index (κ3) is 3.55. The van der Waals surface area contributed by atoms with E-state index in [1.807, 2.05) is 19.1 Å². The molecule has 0 spiro atoms. The van der Waals surface area contributed by atoms with Gasteiger partial charge in [0.1, 0.15) is 0 Å². The maximum absolute atomic E-state index is 12.1. The molecule has 7 heteroatoms. The summed E-state index contributed by atoms with van der Waals surface area (Å²) in [6.45, 7) is 5.86. The lowest BCUT2D eigenvalue weighted by atomic mass is 10.0. The molecule has 3 heterocycles. The van der Waals surface area contributed by atoms with Gasteiger partial charge in [-0.3, -0.25) is 19.6 Å². The molecule has 0 radical (unpaired) electrons. The van der Waals surface area contributed by atoms with Gasteiger partial charge in [-0.15, -0.1) is 0 Å². The fourth-order valence-electron chi connectivity index (χ4n) is 3.85. The molecule has 1 aliphatic rings. The van der Waals surface area contributed by atoms with Crippen LogP contribution in [0.2, 0.25) is 5.02 Å². The van der Waals surface area contributed by atoms with Crippen LogP contribution in [0.25, 0.3) is 5.65 Å². The Kier molecular flexibility index (Phi) is 4.61. The Labute approximate surface area is 161 Å². The number of likely N-dealkylation sites (tertiary alicyclic amines) is 1. The molecule has 6 nitrogen and oxygen atoms in total. The molecule has 1 aromatic carbocycles. The minimum absolute atomic E-state index is 0.0499. The third-order valence-corrected chi connectivity index (χ3v) is 5.39. The van der Waals surface area contributed by atoms with Gasteiger partial charge in [-0.1, -0.05) is 11.6 Å². The first-order chi connectivity index (χ1) is 12.9. The van der Waals surface area contributed by atoms with Crippen LogP contribution in [-0.2, 0) is 6.54 Å². The van der Waals surface area contributed by atoms with Crippen LogP contribution in [0.15, 0.2) is 35.1 Å². The van der Waals surface area contributed by atoms with Crippen molar-refractivity contribution in [3.63, 3.8) is 0 Å². The van der Waals surface area contributed by atoms with E-state index in [2.05, 4.69) is 15.0 Å². The normalized spacial score (nSPS) is 17.7. The van der Waals surface area contributed by atoms with Crippen molar-refractivity contribution in [2.45, 2.75) is 32.7 Å². The number of rotatable bonds is 4. The average Bonchev–Trinajstić information content (AvgIpc) is 3.21. The maximum atomic E-state index is 12.1.